The lowest BCUT2D eigenvalue weighted by atomic mass is 10.1. The number of rotatable bonds is 10. The molecule has 0 aliphatic carbocycles. The topological polar surface area (TPSA) is 51.2 Å². The fourth-order valence-electron chi connectivity index (χ4n) is 3.55. The van der Waals surface area contributed by atoms with Crippen LogP contribution in [-0.2, 0) is 16.1 Å². The summed E-state index contributed by atoms with van der Waals surface area (Å²) in [6.07, 6.45) is 4.83. The van der Waals surface area contributed by atoms with Gasteiger partial charge in [0.15, 0.2) is 11.5 Å². The van der Waals surface area contributed by atoms with E-state index in [1.165, 1.54) is 0 Å². The predicted molar refractivity (Wildman–Crippen MR) is 104 cm³/mol. The molecule has 1 aromatic rings. The smallest absolute Gasteiger partial charge is 0.231 e. The van der Waals surface area contributed by atoms with E-state index >= 15 is 0 Å². The Labute approximate surface area is 162 Å². The molecule has 0 spiro atoms. The van der Waals surface area contributed by atoms with Crippen molar-refractivity contribution in [3.8, 4) is 11.5 Å². The Bertz CT molecular complexity index is 602. The zero-order valence-electron chi connectivity index (χ0n) is 16.5. The SMILES string of the molecule is CCCCCC(=O)N(CCCN1CCOCC1)Cc1ccc2c(c1)OCO2. The number of ether oxygens (including phenoxy) is 3. The van der Waals surface area contributed by atoms with E-state index < -0.39 is 0 Å². The van der Waals surface area contributed by atoms with E-state index in [2.05, 4.69) is 11.8 Å². The first kappa shape index (κ1) is 20.0. The lowest BCUT2D eigenvalue weighted by Crippen LogP contribution is -2.39. The Kier molecular flexibility index (Phi) is 7.78. The maximum absolute atomic E-state index is 12.8. The van der Waals surface area contributed by atoms with Crippen molar-refractivity contribution in [2.24, 2.45) is 0 Å². The van der Waals surface area contributed by atoms with Crippen LogP contribution in [0.1, 0.15) is 44.6 Å². The van der Waals surface area contributed by atoms with E-state index in [-0.39, 0.29) is 12.7 Å². The van der Waals surface area contributed by atoms with E-state index in [4.69, 9.17) is 14.2 Å². The fraction of sp³-hybridized carbons (Fsp3) is 0.667. The Hall–Kier alpha value is -1.79. The Morgan fingerprint density at radius 3 is 2.74 bits per heavy atom. The molecule has 0 bridgehead atoms. The number of carbonyl (C=O) groups excluding carboxylic acids is 1. The number of hydrogen-bond acceptors (Lipinski definition) is 5. The van der Waals surface area contributed by atoms with Gasteiger partial charge in [-0.05, 0) is 30.5 Å². The molecule has 2 heterocycles. The molecule has 0 radical (unpaired) electrons. The molecule has 0 aromatic heterocycles. The zero-order chi connectivity index (χ0) is 18.9. The summed E-state index contributed by atoms with van der Waals surface area (Å²) < 4.78 is 16.3. The highest BCUT2D eigenvalue weighted by molar-refractivity contribution is 5.76. The predicted octanol–water partition coefficient (Wildman–Crippen LogP) is 3.05. The van der Waals surface area contributed by atoms with Crippen LogP contribution in [0.2, 0.25) is 0 Å². The molecule has 1 saturated heterocycles. The van der Waals surface area contributed by atoms with Gasteiger partial charge < -0.3 is 19.1 Å². The highest BCUT2D eigenvalue weighted by Crippen LogP contribution is 2.32. The molecule has 0 N–H and O–H groups in total. The van der Waals surface area contributed by atoms with Gasteiger partial charge in [-0.25, -0.2) is 0 Å². The number of morpholine rings is 1. The van der Waals surface area contributed by atoms with Gasteiger partial charge in [0, 0.05) is 39.1 Å². The van der Waals surface area contributed by atoms with Crippen LogP contribution in [0, 0.1) is 0 Å². The van der Waals surface area contributed by atoms with Gasteiger partial charge in [0.25, 0.3) is 0 Å². The normalized spacial score (nSPS) is 16.5. The Morgan fingerprint density at radius 1 is 1.11 bits per heavy atom. The van der Waals surface area contributed by atoms with Gasteiger partial charge in [0.05, 0.1) is 13.2 Å². The molecule has 1 amide bonds. The van der Waals surface area contributed by atoms with Crippen molar-refractivity contribution in [1.29, 1.82) is 0 Å². The molecular weight excluding hydrogens is 344 g/mol. The molecule has 3 rings (SSSR count). The lowest BCUT2D eigenvalue weighted by molar-refractivity contribution is -0.132. The summed E-state index contributed by atoms with van der Waals surface area (Å²) >= 11 is 0. The number of fused-ring (bicyclic) bond motifs is 1. The van der Waals surface area contributed by atoms with Crippen molar-refractivity contribution in [2.45, 2.75) is 45.6 Å². The molecular formula is C21H32N2O4. The highest BCUT2D eigenvalue weighted by Gasteiger charge is 2.18. The first-order chi connectivity index (χ1) is 13.3. The third-order valence-electron chi connectivity index (χ3n) is 5.16. The summed E-state index contributed by atoms with van der Waals surface area (Å²) in [4.78, 5) is 17.2. The minimum atomic E-state index is 0.253. The van der Waals surface area contributed by atoms with Crippen molar-refractivity contribution >= 4 is 5.91 Å². The van der Waals surface area contributed by atoms with E-state index in [0.29, 0.717) is 13.0 Å². The lowest BCUT2D eigenvalue weighted by Gasteiger charge is -2.28. The van der Waals surface area contributed by atoms with Crippen molar-refractivity contribution in [3.63, 3.8) is 0 Å². The summed E-state index contributed by atoms with van der Waals surface area (Å²) in [5, 5.41) is 0. The quantitative estimate of drug-likeness (QED) is 0.588. The standard InChI is InChI=1S/C21H32N2O4/c1-2-3-4-6-21(24)23(10-5-9-22-11-13-25-14-12-22)16-18-7-8-19-20(15-18)27-17-26-19/h7-8,15H,2-6,9-14,16-17H2,1H3. The summed E-state index contributed by atoms with van der Waals surface area (Å²) in [7, 11) is 0. The van der Waals surface area contributed by atoms with Gasteiger partial charge >= 0.3 is 0 Å². The fourth-order valence-corrected chi connectivity index (χ4v) is 3.55. The number of benzene rings is 1. The maximum atomic E-state index is 12.8. The van der Waals surface area contributed by atoms with Crippen LogP contribution < -0.4 is 9.47 Å². The van der Waals surface area contributed by atoms with Crippen molar-refractivity contribution in [2.75, 3.05) is 46.2 Å². The molecule has 0 saturated carbocycles. The van der Waals surface area contributed by atoms with Crippen LogP contribution in [0.3, 0.4) is 0 Å². The number of hydrogen-bond donors (Lipinski definition) is 0. The van der Waals surface area contributed by atoms with E-state index in [0.717, 1.165) is 82.1 Å². The van der Waals surface area contributed by atoms with Crippen LogP contribution in [0.5, 0.6) is 11.5 Å². The van der Waals surface area contributed by atoms with Gasteiger partial charge in [-0.15, -0.1) is 0 Å². The van der Waals surface area contributed by atoms with Gasteiger partial charge in [-0.1, -0.05) is 25.8 Å². The average Bonchev–Trinajstić information content (AvgIpc) is 3.16. The van der Waals surface area contributed by atoms with Crippen molar-refractivity contribution in [1.82, 2.24) is 9.80 Å². The highest BCUT2D eigenvalue weighted by atomic mass is 16.7. The number of amides is 1. The van der Waals surface area contributed by atoms with Crippen molar-refractivity contribution in [3.05, 3.63) is 23.8 Å². The number of carbonyl (C=O) groups is 1. The molecule has 2 aliphatic rings. The maximum Gasteiger partial charge on any atom is 0.231 e. The molecule has 0 atom stereocenters. The van der Waals surface area contributed by atoms with Crippen LogP contribution in [-0.4, -0.2) is 61.9 Å². The first-order valence-electron chi connectivity index (χ1n) is 10.2. The molecule has 6 heteroatoms. The van der Waals surface area contributed by atoms with Crippen LogP contribution >= 0.6 is 0 Å². The largest absolute Gasteiger partial charge is 0.454 e. The molecule has 150 valence electrons. The number of nitrogens with zero attached hydrogens (tertiary/aromatic N) is 2. The molecule has 0 unspecified atom stereocenters. The van der Waals surface area contributed by atoms with Gasteiger partial charge in [0.1, 0.15) is 0 Å². The summed E-state index contributed by atoms with van der Waals surface area (Å²) in [5.74, 6) is 1.81. The Balaban J connectivity index is 1.55. The monoisotopic (exact) mass is 376 g/mol. The molecule has 1 aromatic carbocycles. The van der Waals surface area contributed by atoms with E-state index in [9.17, 15) is 4.79 Å². The second-order valence-electron chi connectivity index (χ2n) is 7.27. The van der Waals surface area contributed by atoms with Crippen molar-refractivity contribution < 1.29 is 19.0 Å². The van der Waals surface area contributed by atoms with Crippen LogP contribution in [0.25, 0.3) is 0 Å². The van der Waals surface area contributed by atoms with Gasteiger partial charge in [-0.3, -0.25) is 9.69 Å². The summed E-state index contributed by atoms with van der Waals surface area (Å²) in [6.45, 7) is 8.49. The second kappa shape index (κ2) is 10.5. The number of unbranched alkanes of at least 4 members (excludes halogenated alkanes) is 2. The molecule has 6 nitrogen and oxygen atoms in total. The zero-order valence-corrected chi connectivity index (χ0v) is 16.5. The third-order valence-corrected chi connectivity index (χ3v) is 5.16. The van der Waals surface area contributed by atoms with E-state index in [1.54, 1.807) is 0 Å². The van der Waals surface area contributed by atoms with E-state index in [1.807, 2.05) is 23.1 Å². The minimum absolute atomic E-state index is 0.253. The molecule has 27 heavy (non-hydrogen) atoms. The third kappa shape index (κ3) is 6.11. The summed E-state index contributed by atoms with van der Waals surface area (Å²) in [5.41, 5.74) is 1.09. The molecule has 1 fully saturated rings. The van der Waals surface area contributed by atoms with Gasteiger partial charge in [-0.2, -0.15) is 0 Å². The average molecular weight is 376 g/mol. The first-order valence-corrected chi connectivity index (χ1v) is 10.2. The summed E-state index contributed by atoms with van der Waals surface area (Å²) in [6, 6.07) is 5.96. The van der Waals surface area contributed by atoms with Crippen LogP contribution in [0.4, 0.5) is 0 Å². The Morgan fingerprint density at radius 2 is 1.93 bits per heavy atom. The van der Waals surface area contributed by atoms with Gasteiger partial charge in [0.2, 0.25) is 12.7 Å². The van der Waals surface area contributed by atoms with Crippen LogP contribution in [0.15, 0.2) is 18.2 Å². The molecule has 2 aliphatic heterocycles. The second-order valence-corrected chi connectivity index (χ2v) is 7.27. The minimum Gasteiger partial charge on any atom is -0.454 e.